The zero-order valence-electron chi connectivity index (χ0n) is 13.5. The minimum Gasteiger partial charge on any atom is -0.370 e. The largest absolute Gasteiger partial charge is 0.370 e. The van der Waals surface area contributed by atoms with Gasteiger partial charge in [0.1, 0.15) is 5.82 Å². The molecule has 5 nitrogen and oxygen atoms in total. The molecular weight excluding hydrogens is 264 g/mol. The van der Waals surface area contributed by atoms with Crippen molar-refractivity contribution < 1.29 is 4.79 Å². The van der Waals surface area contributed by atoms with Gasteiger partial charge in [-0.3, -0.25) is 9.69 Å². The number of anilines is 1. The molecule has 1 N–H and O–H groups in total. The third-order valence-electron chi connectivity index (χ3n) is 4.02. The molecule has 0 saturated carbocycles. The van der Waals surface area contributed by atoms with Crippen molar-refractivity contribution in [1.29, 1.82) is 0 Å². The highest BCUT2D eigenvalue weighted by Crippen LogP contribution is 2.16. The van der Waals surface area contributed by atoms with Crippen molar-refractivity contribution in [3.63, 3.8) is 0 Å². The van der Waals surface area contributed by atoms with E-state index in [1.807, 2.05) is 30.9 Å². The number of hydrogen-bond donors (Lipinski definition) is 1. The van der Waals surface area contributed by atoms with Crippen molar-refractivity contribution >= 4 is 11.7 Å². The van der Waals surface area contributed by atoms with E-state index in [0.29, 0.717) is 6.04 Å². The molecule has 2 rings (SSSR count). The molecule has 0 bridgehead atoms. The number of aromatic nitrogens is 1. The molecule has 1 unspecified atom stereocenters. The predicted molar refractivity (Wildman–Crippen MR) is 85.8 cm³/mol. The lowest BCUT2D eigenvalue weighted by atomic mass is 10.1. The molecule has 0 aliphatic carbocycles. The van der Waals surface area contributed by atoms with Crippen molar-refractivity contribution in [2.24, 2.45) is 0 Å². The van der Waals surface area contributed by atoms with E-state index in [1.54, 1.807) is 0 Å². The van der Waals surface area contributed by atoms with E-state index in [1.165, 1.54) is 0 Å². The fourth-order valence-electron chi connectivity index (χ4n) is 2.90. The number of aryl methyl sites for hydroxylation is 1. The summed E-state index contributed by atoms with van der Waals surface area (Å²) in [7, 11) is 0. The molecule has 1 fully saturated rings. The average Bonchev–Trinajstić information content (AvgIpc) is 2.46. The molecule has 21 heavy (non-hydrogen) atoms. The van der Waals surface area contributed by atoms with Crippen LogP contribution in [0.2, 0.25) is 0 Å². The van der Waals surface area contributed by atoms with Gasteiger partial charge in [-0.15, -0.1) is 0 Å². The predicted octanol–water partition coefficient (Wildman–Crippen LogP) is 1.99. The van der Waals surface area contributed by atoms with Crippen LogP contribution in [0.25, 0.3) is 0 Å². The van der Waals surface area contributed by atoms with Gasteiger partial charge in [-0.25, -0.2) is 4.98 Å². The number of carbonyl (C=O) groups excluding carboxylic acids is 1. The zero-order valence-corrected chi connectivity index (χ0v) is 13.5. The molecular formula is C16H26N4O. The lowest BCUT2D eigenvalue weighted by Gasteiger charge is -2.39. The number of rotatable bonds is 4. The summed E-state index contributed by atoms with van der Waals surface area (Å²) in [5, 5.41) is 3.18. The normalized spacial score (nSPS) is 19.6. The summed E-state index contributed by atoms with van der Waals surface area (Å²) in [5.41, 5.74) is 1.60. The molecule has 1 saturated heterocycles. The van der Waals surface area contributed by atoms with E-state index in [2.05, 4.69) is 29.0 Å². The van der Waals surface area contributed by atoms with Gasteiger partial charge in [-0.2, -0.15) is 0 Å². The number of likely N-dealkylation sites (N-methyl/N-ethyl adjacent to an activating group) is 1. The maximum absolute atomic E-state index is 12.7. The van der Waals surface area contributed by atoms with Gasteiger partial charge in [0, 0.05) is 43.5 Å². The smallest absolute Gasteiger partial charge is 0.254 e. The molecule has 5 heteroatoms. The third kappa shape index (κ3) is 3.73. The number of nitrogens with one attached hydrogen (secondary N) is 1. The number of carbonyl (C=O) groups is 1. The van der Waals surface area contributed by atoms with Gasteiger partial charge in [-0.05, 0) is 39.4 Å². The van der Waals surface area contributed by atoms with Crippen LogP contribution in [0.15, 0.2) is 12.1 Å². The third-order valence-corrected chi connectivity index (χ3v) is 4.02. The maximum atomic E-state index is 12.7. The van der Waals surface area contributed by atoms with Crippen LogP contribution in [0, 0.1) is 6.92 Å². The van der Waals surface area contributed by atoms with Crippen molar-refractivity contribution in [2.75, 3.05) is 38.0 Å². The molecule has 116 valence electrons. The summed E-state index contributed by atoms with van der Waals surface area (Å²) in [6, 6.07) is 4.15. The molecule has 0 radical (unpaired) electrons. The van der Waals surface area contributed by atoms with Gasteiger partial charge in [-0.1, -0.05) is 6.92 Å². The quantitative estimate of drug-likeness (QED) is 0.921. The first-order valence-corrected chi connectivity index (χ1v) is 7.81. The monoisotopic (exact) mass is 290 g/mol. The Balaban J connectivity index is 2.13. The van der Waals surface area contributed by atoms with E-state index < -0.39 is 0 Å². The molecule has 1 aromatic rings. The second-order valence-electron chi connectivity index (χ2n) is 5.64. The van der Waals surface area contributed by atoms with E-state index in [-0.39, 0.29) is 5.91 Å². The molecule has 2 heterocycles. The summed E-state index contributed by atoms with van der Waals surface area (Å²) in [4.78, 5) is 21.5. The van der Waals surface area contributed by atoms with Crippen LogP contribution in [0.4, 0.5) is 5.82 Å². The standard InChI is InChI=1S/C16H26N4O/c1-5-17-15-10-14(9-12(3)18-15)16(21)20-8-7-19(6-2)13(4)11-20/h9-10,13H,5-8,11H2,1-4H3,(H,17,18). The van der Waals surface area contributed by atoms with Crippen LogP contribution in [-0.4, -0.2) is 59.5 Å². The lowest BCUT2D eigenvalue weighted by molar-refractivity contribution is 0.0528. The molecule has 1 aliphatic rings. The number of amides is 1. The molecule has 1 atom stereocenters. The summed E-state index contributed by atoms with van der Waals surface area (Å²) in [6.07, 6.45) is 0. The van der Waals surface area contributed by atoms with Crippen molar-refractivity contribution in [3.8, 4) is 0 Å². The first kappa shape index (κ1) is 15.8. The number of pyridine rings is 1. The van der Waals surface area contributed by atoms with E-state index in [0.717, 1.165) is 49.8 Å². The van der Waals surface area contributed by atoms with Crippen molar-refractivity contribution in [1.82, 2.24) is 14.8 Å². The van der Waals surface area contributed by atoms with Gasteiger partial charge in [0.05, 0.1) is 0 Å². The van der Waals surface area contributed by atoms with Gasteiger partial charge in [0.2, 0.25) is 0 Å². The highest BCUT2D eigenvalue weighted by molar-refractivity contribution is 5.95. The summed E-state index contributed by atoms with van der Waals surface area (Å²) < 4.78 is 0. The van der Waals surface area contributed by atoms with Gasteiger partial charge >= 0.3 is 0 Å². The summed E-state index contributed by atoms with van der Waals surface area (Å²) >= 11 is 0. The Kier molecular flexibility index (Phi) is 5.17. The molecule has 1 aromatic heterocycles. The Morgan fingerprint density at radius 2 is 2.14 bits per heavy atom. The van der Waals surface area contributed by atoms with Crippen LogP contribution in [0.3, 0.4) is 0 Å². The van der Waals surface area contributed by atoms with E-state index in [4.69, 9.17) is 0 Å². The van der Waals surface area contributed by atoms with Crippen LogP contribution >= 0.6 is 0 Å². The molecule has 1 amide bonds. The zero-order chi connectivity index (χ0) is 15.4. The number of nitrogens with zero attached hydrogens (tertiary/aromatic N) is 3. The van der Waals surface area contributed by atoms with E-state index in [9.17, 15) is 4.79 Å². The highest BCUT2D eigenvalue weighted by Gasteiger charge is 2.26. The maximum Gasteiger partial charge on any atom is 0.254 e. The first-order valence-electron chi connectivity index (χ1n) is 7.81. The highest BCUT2D eigenvalue weighted by atomic mass is 16.2. The second-order valence-corrected chi connectivity index (χ2v) is 5.64. The Hall–Kier alpha value is -1.62. The fourth-order valence-corrected chi connectivity index (χ4v) is 2.90. The van der Waals surface area contributed by atoms with E-state index >= 15 is 0 Å². The first-order chi connectivity index (χ1) is 10.0. The van der Waals surface area contributed by atoms with Crippen LogP contribution < -0.4 is 5.32 Å². The van der Waals surface area contributed by atoms with Crippen LogP contribution in [0.5, 0.6) is 0 Å². The molecule has 0 spiro atoms. The Bertz CT molecular complexity index is 503. The molecule has 0 aromatic carbocycles. The van der Waals surface area contributed by atoms with Gasteiger partial charge < -0.3 is 10.2 Å². The van der Waals surface area contributed by atoms with Crippen LogP contribution in [0.1, 0.15) is 36.8 Å². The minimum absolute atomic E-state index is 0.113. The topological polar surface area (TPSA) is 48.5 Å². The Morgan fingerprint density at radius 3 is 2.76 bits per heavy atom. The number of piperazine rings is 1. The fraction of sp³-hybridized carbons (Fsp3) is 0.625. The summed E-state index contributed by atoms with van der Waals surface area (Å²) in [6.45, 7) is 12.7. The Morgan fingerprint density at radius 1 is 1.38 bits per heavy atom. The minimum atomic E-state index is 0.113. The summed E-state index contributed by atoms with van der Waals surface area (Å²) in [5.74, 6) is 0.892. The lowest BCUT2D eigenvalue weighted by Crippen LogP contribution is -2.53. The molecule has 1 aliphatic heterocycles. The van der Waals surface area contributed by atoms with Gasteiger partial charge in [0.25, 0.3) is 5.91 Å². The average molecular weight is 290 g/mol. The van der Waals surface area contributed by atoms with Crippen LogP contribution in [-0.2, 0) is 0 Å². The number of hydrogen-bond acceptors (Lipinski definition) is 4. The SMILES string of the molecule is CCNc1cc(C(=O)N2CCN(CC)C(C)C2)cc(C)n1. The van der Waals surface area contributed by atoms with Crippen molar-refractivity contribution in [2.45, 2.75) is 33.7 Å². The van der Waals surface area contributed by atoms with Crippen molar-refractivity contribution in [3.05, 3.63) is 23.4 Å². The second kappa shape index (κ2) is 6.89. The Labute approximate surface area is 127 Å². The van der Waals surface area contributed by atoms with Gasteiger partial charge in [0.15, 0.2) is 0 Å².